The van der Waals surface area contributed by atoms with Crippen LogP contribution in [-0.2, 0) is 4.74 Å². The Labute approximate surface area is 201 Å². The summed E-state index contributed by atoms with van der Waals surface area (Å²) < 4.78 is 11.9. The molecular formula is C30H31NO3. The molecule has 34 heavy (non-hydrogen) atoms. The molecule has 4 nitrogen and oxygen atoms in total. The first-order valence-corrected chi connectivity index (χ1v) is 12.5. The summed E-state index contributed by atoms with van der Waals surface area (Å²) in [6.45, 7) is 7.50. The summed E-state index contributed by atoms with van der Waals surface area (Å²) in [6, 6.07) is 20.5. The van der Waals surface area contributed by atoms with E-state index in [1.54, 1.807) is 0 Å². The minimum atomic E-state index is 0.124. The number of rotatable bonds is 4. The first-order chi connectivity index (χ1) is 16.7. The van der Waals surface area contributed by atoms with Crippen molar-refractivity contribution in [2.24, 2.45) is 5.92 Å². The van der Waals surface area contributed by atoms with E-state index in [-0.39, 0.29) is 5.78 Å². The van der Waals surface area contributed by atoms with E-state index in [0.717, 1.165) is 85.5 Å². The Kier molecular flexibility index (Phi) is 5.72. The molecule has 3 aliphatic rings. The van der Waals surface area contributed by atoms with Gasteiger partial charge in [0.2, 0.25) is 0 Å². The number of ketones is 1. The Hall–Kier alpha value is -2.95. The van der Waals surface area contributed by atoms with Crippen molar-refractivity contribution in [3.63, 3.8) is 0 Å². The highest BCUT2D eigenvalue weighted by Crippen LogP contribution is 2.48. The van der Waals surface area contributed by atoms with Gasteiger partial charge in [0.1, 0.15) is 5.75 Å². The molecular weight excluding hydrogens is 422 g/mol. The monoisotopic (exact) mass is 453 g/mol. The standard InChI is InChI=1S/C30H31NO3/c1-20-12-13-24-22(18-31-14-16-33-17-15-31)19-34-27-11-5-10-26(29(24)27)28(20)30(32)25-9-4-7-21-6-2-3-8-23(21)25/h2-11,22,24H,12-19H2,1H3/t22-,24?/m1/s1. The predicted octanol–water partition coefficient (Wildman–Crippen LogP) is 5.71. The smallest absolute Gasteiger partial charge is 0.194 e. The molecule has 1 unspecified atom stereocenters. The number of morpholine rings is 1. The maximum absolute atomic E-state index is 14.1. The molecule has 2 heterocycles. The average molecular weight is 454 g/mol. The lowest BCUT2D eigenvalue weighted by Crippen LogP contribution is -2.43. The topological polar surface area (TPSA) is 38.8 Å². The molecule has 0 bridgehead atoms. The first-order valence-electron chi connectivity index (χ1n) is 12.5. The zero-order chi connectivity index (χ0) is 23.1. The Bertz CT molecular complexity index is 1270. The van der Waals surface area contributed by atoms with Crippen LogP contribution in [0.25, 0.3) is 16.3 Å². The van der Waals surface area contributed by atoms with Crippen LogP contribution in [-0.4, -0.2) is 50.1 Å². The van der Waals surface area contributed by atoms with Crippen molar-refractivity contribution in [3.05, 3.63) is 82.9 Å². The van der Waals surface area contributed by atoms with Crippen molar-refractivity contribution >= 4 is 22.1 Å². The van der Waals surface area contributed by atoms with Crippen LogP contribution >= 0.6 is 0 Å². The molecule has 3 aromatic rings. The summed E-state index contributed by atoms with van der Waals surface area (Å²) >= 11 is 0. The van der Waals surface area contributed by atoms with Crippen LogP contribution in [0.3, 0.4) is 0 Å². The number of allylic oxidation sites excluding steroid dienone is 2. The van der Waals surface area contributed by atoms with E-state index < -0.39 is 0 Å². The van der Waals surface area contributed by atoms with E-state index >= 15 is 0 Å². The molecule has 2 atom stereocenters. The van der Waals surface area contributed by atoms with Gasteiger partial charge in [0, 0.05) is 42.3 Å². The van der Waals surface area contributed by atoms with E-state index in [4.69, 9.17) is 9.47 Å². The van der Waals surface area contributed by atoms with Gasteiger partial charge in [-0.2, -0.15) is 0 Å². The van der Waals surface area contributed by atoms with E-state index in [0.29, 0.717) is 11.8 Å². The Morgan fingerprint density at radius 3 is 2.68 bits per heavy atom. The number of Topliss-reactive ketones (excluding diaryl/α,β-unsaturated/α-hetero) is 1. The van der Waals surface area contributed by atoms with E-state index in [2.05, 4.69) is 42.2 Å². The number of carbonyl (C=O) groups excluding carboxylic acids is 1. The quantitative estimate of drug-likeness (QED) is 0.474. The molecule has 0 amide bonds. The SMILES string of the molecule is CC1=C(C(=O)c2cccc3ccccc23)c2cccc3c2C(CC1)[C@H](CN1CCOCC1)CO3. The molecule has 6 rings (SSSR count). The number of carbonyl (C=O) groups is 1. The van der Waals surface area contributed by atoms with Crippen molar-refractivity contribution < 1.29 is 14.3 Å². The Morgan fingerprint density at radius 1 is 1.00 bits per heavy atom. The van der Waals surface area contributed by atoms with Gasteiger partial charge in [-0.3, -0.25) is 9.69 Å². The van der Waals surface area contributed by atoms with Crippen LogP contribution in [0.2, 0.25) is 0 Å². The van der Waals surface area contributed by atoms with Crippen LogP contribution in [0.4, 0.5) is 0 Å². The lowest BCUT2D eigenvalue weighted by molar-refractivity contribution is 0.0212. The highest BCUT2D eigenvalue weighted by Gasteiger charge is 2.37. The second-order valence-corrected chi connectivity index (χ2v) is 9.86. The Morgan fingerprint density at radius 2 is 1.79 bits per heavy atom. The molecule has 0 saturated carbocycles. The zero-order valence-electron chi connectivity index (χ0n) is 19.8. The van der Waals surface area contributed by atoms with Crippen LogP contribution in [0.5, 0.6) is 5.75 Å². The second kappa shape index (κ2) is 9.01. The van der Waals surface area contributed by atoms with Crippen LogP contribution in [0, 0.1) is 5.92 Å². The fraction of sp³-hybridized carbons (Fsp3) is 0.367. The van der Waals surface area contributed by atoms with Crippen molar-refractivity contribution in [1.82, 2.24) is 4.90 Å². The van der Waals surface area contributed by atoms with Gasteiger partial charge in [-0.15, -0.1) is 0 Å². The van der Waals surface area contributed by atoms with E-state index in [9.17, 15) is 4.79 Å². The van der Waals surface area contributed by atoms with Crippen LogP contribution in [0.1, 0.15) is 47.2 Å². The minimum Gasteiger partial charge on any atom is -0.493 e. The fourth-order valence-electron chi connectivity index (χ4n) is 6.10. The van der Waals surface area contributed by atoms with Gasteiger partial charge >= 0.3 is 0 Å². The lowest BCUT2D eigenvalue weighted by Gasteiger charge is -2.38. The normalized spacial score (nSPS) is 22.7. The number of fused-ring (bicyclic) bond motifs is 1. The maximum atomic E-state index is 14.1. The molecule has 3 aromatic carbocycles. The average Bonchev–Trinajstić information content (AvgIpc) is 3.03. The minimum absolute atomic E-state index is 0.124. The maximum Gasteiger partial charge on any atom is 0.194 e. The van der Waals surface area contributed by atoms with Gasteiger partial charge in [0.05, 0.1) is 19.8 Å². The second-order valence-electron chi connectivity index (χ2n) is 9.86. The van der Waals surface area contributed by atoms with Crippen molar-refractivity contribution in [2.75, 3.05) is 39.5 Å². The molecule has 0 aromatic heterocycles. The predicted molar refractivity (Wildman–Crippen MR) is 136 cm³/mol. The van der Waals surface area contributed by atoms with Crippen molar-refractivity contribution in [1.29, 1.82) is 0 Å². The van der Waals surface area contributed by atoms with Gasteiger partial charge in [-0.05, 0) is 48.1 Å². The summed E-state index contributed by atoms with van der Waals surface area (Å²) in [5, 5.41) is 2.12. The zero-order valence-corrected chi connectivity index (χ0v) is 19.8. The number of benzene rings is 3. The third kappa shape index (κ3) is 3.75. The van der Waals surface area contributed by atoms with Gasteiger partial charge in [-0.1, -0.05) is 60.2 Å². The summed E-state index contributed by atoms with van der Waals surface area (Å²) in [6.07, 6.45) is 1.99. The number of nitrogens with zero attached hydrogens (tertiary/aromatic N) is 1. The number of ether oxygens (including phenoxy) is 2. The van der Waals surface area contributed by atoms with E-state index in [1.165, 1.54) is 11.1 Å². The van der Waals surface area contributed by atoms with Crippen molar-refractivity contribution in [3.8, 4) is 5.75 Å². The Balaban J connectivity index is 1.41. The molecule has 2 aliphatic heterocycles. The molecule has 0 N–H and O–H groups in total. The third-order valence-corrected chi connectivity index (χ3v) is 7.84. The van der Waals surface area contributed by atoms with Crippen LogP contribution < -0.4 is 4.74 Å². The molecule has 1 saturated heterocycles. The third-order valence-electron chi connectivity index (χ3n) is 7.84. The summed E-state index contributed by atoms with van der Waals surface area (Å²) in [5.74, 6) is 1.90. The van der Waals surface area contributed by atoms with E-state index in [1.807, 2.05) is 30.3 Å². The summed E-state index contributed by atoms with van der Waals surface area (Å²) in [5.41, 5.74) is 5.15. The summed E-state index contributed by atoms with van der Waals surface area (Å²) in [4.78, 5) is 16.7. The number of hydrogen-bond donors (Lipinski definition) is 0. The van der Waals surface area contributed by atoms with Gasteiger partial charge in [0.25, 0.3) is 0 Å². The molecule has 4 heteroatoms. The molecule has 0 radical (unpaired) electrons. The lowest BCUT2D eigenvalue weighted by atomic mass is 9.78. The number of hydrogen-bond acceptors (Lipinski definition) is 4. The molecule has 174 valence electrons. The highest BCUT2D eigenvalue weighted by atomic mass is 16.5. The fourth-order valence-corrected chi connectivity index (χ4v) is 6.10. The van der Waals surface area contributed by atoms with Gasteiger partial charge in [-0.25, -0.2) is 0 Å². The molecule has 0 spiro atoms. The van der Waals surface area contributed by atoms with Crippen LogP contribution in [0.15, 0.2) is 66.2 Å². The van der Waals surface area contributed by atoms with Gasteiger partial charge < -0.3 is 9.47 Å². The largest absolute Gasteiger partial charge is 0.493 e. The molecule has 1 fully saturated rings. The first kappa shape index (κ1) is 21.6. The summed E-state index contributed by atoms with van der Waals surface area (Å²) in [7, 11) is 0. The van der Waals surface area contributed by atoms with Gasteiger partial charge in [0.15, 0.2) is 5.78 Å². The molecule has 1 aliphatic carbocycles. The van der Waals surface area contributed by atoms with Crippen molar-refractivity contribution in [2.45, 2.75) is 25.7 Å². The highest BCUT2D eigenvalue weighted by molar-refractivity contribution is 6.33.